The predicted octanol–water partition coefficient (Wildman–Crippen LogP) is 2.62. The molecule has 2 aromatic rings. The number of halogens is 1. The van der Waals surface area contributed by atoms with Crippen LogP contribution in [0.1, 0.15) is 5.82 Å². The lowest BCUT2D eigenvalue weighted by atomic mass is 10.4. The minimum absolute atomic E-state index is 0.0412. The van der Waals surface area contributed by atoms with Gasteiger partial charge in [-0.2, -0.15) is 0 Å². The van der Waals surface area contributed by atoms with Crippen LogP contribution in [0.5, 0.6) is 0 Å². The molecule has 2 N–H and O–H groups in total. The van der Waals surface area contributed by atoms with Crippen molar-refractivity contribution in [3.63, 3.8) is 0 Å². The number of aromatic amines is 1. The smallest absolute Gasteiger partial charge is 0.230 e. The summed E-state index contributed by atoms with van der Waals surface area (Å²) in [4.78, 5) is 19.8. The van der Waals surface area contributed by atoms with Crippen molar-refractivity contribution in [3.8, 4) is 0 Å². The number of rotatable bonds is 6. The quantitative estimate of drug-likeness (QED) is 0.795. The molecule has 0 radical (unpaired) electrons. The van der Waals surface area contributed by atoms with Crippen molar-refractivity contribution in [3.05, 3.63) is 47.0 Å². The fraction of sp³-hybridized carbons (Fsp3) is 0.231. The van der Waals surface area contributed by atoms with Crippen LogP contribution in [0, 0.1) is 0 Å². The molecule has 4 nitrogen and oxygen atoms in total. The van der Waals surface area contributed by atoms with Gasteiger partial charge in [0.25, 0.3) is 0 Å². The van der Waals surface area contributed by atoms with E-state index in [1.165, 1.54) is 11.8 Å². The SMILES string of the molecule is O=C(CSc1ccc(Br)cc1)NCCc1ncc[nH]1. The number of benzene rings is 1. The highest BCUT2D eigenvalue weighted by Gasteiger charge is 2.03. The van der Waals surface area contributed by atoms with E-state index in [0.717, 1.165) is 21.6 Å². The van der Waals surface area contributed by atoms with E-state index >= 15 is 0 Å². The molecule has 0 saturated carbocycles. The Balaban J connectivity index is 1.65. The first-order chi connectivity index (χ1) is 9.24. The van der Waals surface area contributed by atoms with Crippen molar-refractivity contribution in [1.29, 1.82) is 0 Å². The molecular weight excluding hydrogens is 326 g/mol. The number of imidazole rings is 1. The Morgan fingerprint density at radius 1 is 1.37 bits per heavy atom. The Labute approximate surface area is 124 Å². The fourth-order valence-corrected chi connectivity index (χ4v) is 2.48. The van der Waals surface area contributed by atoms with Crippen LogP contribution in [0.25, 0.3) is 0 Å². The van der Waals surface area contributed by atoms with Gasteiger partial charge < -0.3 is 10.3 Å². The Hall–Kier alpha value is -1.27. The van der Waals surface area contributed by atoms with Gasteiger partial charge in [-0.25, -0.2) is 4.98 Å². The highest BCUT2D eigenvalue weighted by Crippen LogP contribution is 2.20. The number of aromatic nitrogens is 2. The van der Waals surface area contributed by atoms with Gasteiger partial charge in [0.15, 0.2) is 0 Å². The molecule has 0 fully saturated rings. The van der Waals surface area contributed by atoms with E-state index in [1.54, 1.807) is 12.4 Å². The zero-order valence-electron chi connectivity index (χ0n) is 10.2. The molecule has 1 aromatic heterocycles. The van der Waals surface area contributed by atoms with Crippen LogP contribution in [-0.2, 0) is 11.2 Å². The third kappa shape index (κ3) is 5.08. The molecule has 0 bridgehead atoms. The number of hydrogen-bond acceptors (Lipinski definition) is 3. The number of H-pyrrole nitrogens is 1. The average Bonchev–Trinajstić information content (AvgIpc) is 2.91. The summed E-state index contributed by atoms with van der Waals surface area (Å²) < 4.78 is 1.04. The van der Waals surface area contributed by atoms with Gasteiger partial charge in [0, 0.05) is 34.7 Å². The van der Waals surface area contributed by atoms with Crippen LogP contribution < -0.4 is 5.32 Å². The molecule has 0 unspecified atom stereocenters. The fourth-order valence-electron chi connectivity index (χ4n) is 1.49. The summed E-state index contributed by atoms with van der Waals surface area (Å²) in [6.45, 7) is 0.604. The highest BCUT2D eigenvalue weighted by atomic mass is 79.9. The van der Waals surface area contributed by atoms with Gasteiger partial charge in [-0.1, -0.05) is 15.9 Å². The zero-order chi connectivity index (χ0) is 13.5. The highest BCUT2D eigenvalue weighted by molar-refractivity contribution is 9.10. The summed E-state index contributed by atoms with van der Waals surface area (Å²) in [5, 5.41) is 2.87. The average molecular weight is 340 g/mol. The summed E-state index contributed by atoms with van der Waals surface area (Å²) in [6, 6.07) is 7.92. The number of hydrogen-bond donors (Lipinski definition) is 2. The molecule has 0 spiro atoms. The van der Waals surface area contributed by atoms with E-state index < -0.39 is 0 Å². The molecule has 0 saturated heterocycles. The Morgan fingerprint density at radius 2 is 2.16 bits per heavy atom. The van der Waals surface area contributed by atoms with E-state index in [4.69, 9.17) is 0 Å². The molecule has 0 aliphatic carbocycles. The van der Waals surface area contributed by atoms with E-state index in [1.807, 2.05) is 24.3 Å². The topological polar surface area (TPSA) is 57.8 Å². The van der Waals surface area contributed by atoms with E-state index in [2.05, 4.69) is 31.2 Å². The second-order valence-electron chi connectivity index (χ2n) is 3.88. The molecule has 1 amide bonds. The van der Waals surface area contributed by atoms with E-state index in [9.17, 15) is 4.79 Å². The summed E-state index contributed by atoms with van der Waals surface area (Å²) in [6.07, 6.45) is 4.21. The predicted molar refractivity (Wildman–Crippen MR) is 80.2 cm³/mol. The summed E-state index contributed by atoms with van der Waals surface area (Å²) in [5.74, 6) is 1.36. The number of nitrogens with zero attached hydrogens (tertiary/aromatic N) is 1. The van der Waals surface area contributed by atoms with Gasteiger partial charge in [0.2, 0.25) is 5.91 Å². The minimum atomic E-state index is 0.0412. The Kier molecular flexibility index (Phi) is 5.47. The van der Waals surface area contributed by atoms with Crippen LogP contribution >= 0.6 is 27.7 Å². The number of carbonyl (C=O) groups is 1. The molecule has 0 aliphatic heterocycles. The Morgan fingerprint density at radius 3 is 2.84 bits per heavy atom. The van der Waals surface area contributed by atoms with Crippen molar-refractivity contribution in [2.75, 3.05) is 12.3 Å². The lowest BCUT2D eigenvalue weighted by molar-refractivity contribution is -0.118. The Bertz CT molecular complexity index is 513. The molecular formula is C13H14BrN3OS. The molecule has 1 aromatic carbocycles. The molecule has 2 rings (SSSR count). The first-order valence-electron chi connectivity index (χ1n) is 5.87. The van der Waals surface area contributed by atoms with Gasteiger partial charge in [0.05, 0.1) is 5.75 Å². The van der Waals surface area contributed by atoms with Crippen LogP contribution in [0.2, 0.25) is 0 Å². The molecule has 1 heterocycles. The first-order valence-corrected chi connectivity index (χ1v) is 7.65. The van der Waals surface area contributed by atoms with Gasteiger partial charge in [0.1, 0.15) is 5.82 Å². The second-order valence-corrected chi connectivity index (χ2v) is 5.84. The molecule has 0 aliphatic rings. The van der Waals surface area contributed by atoms with E-state index in [-0.39, 0.29) is 5.91 Å². The minimum Gasteiger partial charge on any atom is -0.355 e. The second kappa shape index (κ2) is 7.35. The number of thioether (sulfide) groups is 1. The van der Waals surface area contributed by atoms with Crippen molar-refractivity contribution in [2.24, 2.45) is 0 Å². The maximum Gasteiger partial charge on any atom is 0.230 e. The van der Waals surface area contributed by atoms with Gasteiger partial charge in [-0.15, -0.1) is 11.8 Å². The van der Waals surface area contributed by atoms with Crippen LogP contribution in [0.15, 0.2) is 46.0 Å². The molecule has 0 atom stereocenters. The lowest BCUT2D eigenvalue weighted by Gasteiger charge is -2.04. The number of amides is 1. The first kappa shape index (κ1) is 14.1. The summed E-state index contributed by atoms with van der Waals surface area (Å²) >= 11 is 4.91. The van der Waals surface area contributed by atoms with Crippen molar-refractivity contribution >= 4 is 33.6 Å². The largest absolute Gasteiger partial charge is 0.355 e. The number of nitrogens with one attached hydrogen (secondary N) is 2. The van der Waals surface area contributed by atoms with Crippen LogP contribution in [-0.4, -0.2) is 28.2 Å². The molecule has 19 heavy (non-hydrogen) atoms. The van der Waals surface area contributed by atoms with Gasteiger partial charge in [-0.05, 0) is 24.3 Å². The lowest BCUT2D eigenvalue weighted by Crippen LogP contribution is -2.27. The summed E-state index contributed by atoms with van der Waals surface area (Å²) in [7, 11) is 0. The van der Waals surface area contributed by atoms with Crippen molar-refractivity contribution in [2.45, 2.75) is 11.3 Å². The standard InChI is InChI=1S/C13H14BrN3OS/c14-10-1-3-11(4-2-10)19-9-13(18)17-6-5-12-15-7-8-16-12/h1-4,7-8H,5-6,9H2,(H,15,16)(H,17,18). The third-order valence-corrected chi connectivity index (χ3v) is 3.96. The summed E-state index contributed by atoms with van der Waals surface area (Å²) in [5.41, 5.74) is 0. The van der Waals surface area contributed by atoms with Crippen LogP contribution in [0.4, 0.5) is 0 Å². The molecule has 100 valence electrons. The monoisotopic (exact) mass is 339 g/mol. The van der Waals surface area contributed by atoms with Gasteiger partial charge in [-0.3, -0.25) is 4.79 Å². The maximum absolute atomic E-state index is 11.6. The van der Waals surface area contributed by atoms with E-state index in [0.29, 0.717) is 12.3 Å². The van der Waals surface area contributed by atoms with Crippen LogP contribution in [0.3, 0.4) is 0 Å². The maximum atomic E-state index is 11.6. The number of carbonyl (C=O) groups excluding carboxylic acids is 1. The molecule has 6 heteroatoms. The van der Waals surface area contributed by atoms with Crippen molar-refractivity contribution in [1.82, 2.24) is 15.3 Å². The third-order valence-electron chi connectivity index (χ3n) is 2.42. The normalized spacial score (nSPS) is 10.4. The zero-order valence-corrected chi connectivity index (χ0v) is 12.6. The van der Waals surface area contributed by atoms with Gasteiger partial charge >= 0.3 is 0 Å². The van der Waals surface area contributed by atoms with Crippen molar-refractivity contribution < 1.29 is 4.79 Å².